The van der Waals surface area contributed by atoms with Crippen LogP contribution in [0.4, 0.5) is 0 Å². The summed E-state index contributed by atoms with van der Waals surface area (Å²) in [6.45, 7) is 7.20. The van der Waals surface area contributed by atoms with Crippen molar-refractivity contribution < 1.29 is 33.4 Å². The molecule has 0 aromatic carbocycles. The summed E-state index contributed by atoms with van der Waals surface area (Å²) in [4.78, 5) is 47.9. The molecule has 1 saturated heterocycles. The number of fused-ring (bicyclic) bond motifs is 1. The molecule has 148 valence electrons. The predicted molar refractivity (Wildman–Crippen MR) is 95.3 cm³/mol. The van der Waals surface area contributed by atoms with E-state index in [-0.39, 0.29) is 23.8 Å². The van der Waals surface area contributed by atoms with Gasteiger partial charge in [0.15, 0.2) is 0 Å². The number of carbonyl (C=O) groups is 4. The fraction of sp³-hybridized carbons (Fsp3) is 0.600. The van der Waals surface area contributed by atoms with Crippen molar-refractivity contribution in [1.82, 2.24) is 0 Å². The zero-order chi connectivity index (χ0) is 20.1. The summed E-state index contributed by atoms with van der Waals surface area (Å²) >= 11 is 0. The molecule has 1 aliphatic heterocycles. The van der Waals surface area contributed by atoms with Crippen LogP contribution in [-0.4, -0.2) is 43.5 Å². The number of rotatable bonds is 4. The lowest BCUT2D eigenvalue weighted by Crippen LogP contribution is -2.37. The van der Waals surface area contributed by atoms with Gasteiger partial charge in [0.05, 0.1) is 18.9 Å². The summed E-state index contributed by atoms with van der Waals surface area (Å²) in [5.41, 5.74) is 0.535. The van der Waals surface area contributed by atoms with E-state index < -0.39 is 36.0 Å². The third-order valence-electron chi connectivity index (χ3n) is 4.99. The number of allylic oxidation sites excluding steroid dienone is 1. The maximum Gasteiger partial charge on any atom is 0.334 e. The summed E-state index contributed by atoms with van der Waals surface area (Å²) in [6.07, 6.45) is 2.54. The van der Waals surface area contributed by atoms with E-state index in [1.165, 1.54) is 7.11 Å². The van der Waals surface area contributed by atoms with E-state index in [0.29, 0.717) is 24.8 Å². The second kappa shape index (κ2) is 8.97. The van der Waals surface area contributed by atoms with Crippen molar-refractivity contribution in [1.29, 1.82) is 0 Å². The van der Waals surface area contributed by atoms with Gasteiger partial charge < -0.3 is 19.0 Å². The SMILES string of the molecule is C=C1C(=O)O[C@@H]2C[C@H](C=O)CC/C=C(/C(=O)OC)C[C@@H](OC(=O)C(C)C)[C@@H]12. The van der Waals surface area contributed by atoms with Gasteiger partial charge in [0.25, 0.3) is 0 Å². The summed E-state index contributed by atoms with van der Waals surface area (Å²) in [5, 5.41) is 0. The first kappa shape index (κ1) is 20.9. The van der Waals surface area contributed by atoms with Crippen LogP contribution in [-0.2, 0) is 33.4 Å². The zero-order valence-electron chi connectivity index (χ0n) is 15.9. The third-order valence-corrected chi connectivity index (χ3v) is 4.99. The van der Waals surface area contributed by atoms with E-state index in [1.54, 1.807) is 19.9 Å². The van der Waals surface area contributed by atoms with Gasteiger partial charge in [-0.1, -0.05) is 26.5 Å². The van der Waals surface area contributed by atoms with Crippen molar-refractivity contribution in [2.24, 2.45) is 17.8 Å². The summed E-state index contributed by atoms with van der Waals surface area (Å²) in [7, 11) is 1.27. The average molecular weight is 378 g/mol. The second-order valence-corrected chi connectivity index (χ2v) is 7.26. The van der Waals surface area contributed by atoms with Crippen molar-refractivity contribution in [2.75, 3.05) is 7.11 Å². The van der Waals surface area contributed by atoms with Gasteiger partial charge in [-0.3, -0.25) is 4.79 Å². The minimum absolute atomic E-state index is 0.0910. The monoisotopic (exact) mass is 378 g/mol. The number of esters is 3. The molecule has 0 saturated carbocycles. The summed E-state index contributed by atoms with van der Waals surface area (Å²) in [6, 6.07) is 0. The molecule has 0 aromatic rings. The first-order valence-electron chi connectivity index (χ1n) is 9.11. The van der Waals surface area contributed by atoms with Gasteiger partial charge >= 0.3 is 17.9 Å². The lowest BCUT2D eigenvalue weighted by atomic mass is 9.81. The fourth-order valence-corrected chi connectivity index (χ4v) is 3.44. The van der Waals surface area contributed by atoms with Crippen molar-refractivity contribution >= 4 is 24.2 Å². The van der Waals surface area contributed by atoms with Crippen LogP contribution >= 0.6 is 0 Å². The molecule has 4 atom stereocenters. The Bertz CT molecular complexity index is 661. The molecule has 2 rings (SSSR count). The van der Waals surface area contributed by atoms with E-state index >= 15 is 0 Å². The number of hydrogen-bond acceptors (Lipinski definition) is 7. The van der Waals surface area contributed by atoms with Crippen molar-refractivity contribution in [2.45, 2.75) is 51.7 Å². The van der Waals surface area contributed by atoms with Crippen LogP contribution in [0.2, 0.25) is 0 Å². The Hall–Kier alpha value is -2.44. The molecular weight excluding hydrogens is 352 g/mol. The lowest BCUT2D eigenvalue weighted by Gasteiger charge is -2.30. The van der Waals surface area contributed by atoms with Crippen molar-refractivity contribution in [3.05, 3.63) is 23.8 Å². The standard InChI is InChI=1S/C20H26O7/c1-11(2)18(22)26-16-9-14(20(24)25-4)7-5-6-13(10-21)8-15-17(16)12(3)19(23)27-15/h7,10-11,13,15-17H,3,5-6,8-9H2,1-2,4H3/b14-7+/t13-,15-,16-,17+/m1/s1. The van der Waals surface area contributed by atoms with Crippen LogP contribution < -0.4 is 0 Å². The van der Waals surface area contributed by atoms with Crippen LogP contribution in [0.1, 0.15) is 39.5 Å². The molecule has 1 fully saturated rings. The maximum atomic E-state index is 12.2. The highest BCUT2D eigenvalue weighted by Crippen LogP contribution is 2.38. The van der Waals surface area contributed by atoms with Crippen LogP contribution in [0, 0.1) is 17.8 Å². The van der Waals surface area contributed by atoms with E-state index in [9.17, 15) is 19.2 Å². The van der Waals surface area contributed by atoms with Gasteiger partial charge in [0.1, 0.15) is 18.5 Å². The molecular formula is C20H26O7. The molecule has 0 N–H and O–H groups in total. The smallest absolute Gasteiger partial charge is 0.334 e. The lowest BCUT2D eigenvalue weighted by molar-refractivity contribution is -0.157. The molecule has 1 heterocycles. The molecule has 0 amide bonds. The Morgan fingerprint density at radius 3 is 2.67 bits per heavy atom. The van der Waals surface area contributed by atoms with Crippen molar-refractivity contribution in [3.8, 4) is 0 Å². The second-order valence-electron chi connectivity index (χ2n) is 7.26. The van der Waals surface area contributed by atoms with Crippen LogP contribution in [0.3, 0.4) is 0 Å². The maximum absolute atomic E-state index is 12.2. The molecule has 0 radical (unpaired) electrons. The highest BCUT2D eigenvalue weighted by molar-refractivity contribution is 5.91. The van der Waals surface area contributed by atoms with Gasteiger partial charge in [-0.25, -0.2) is 9.59 Å². The Morgan fingerprint density at radius 1 is 1.37 bits per heavy atom. The Balaban J connectivity index is 2.44. The Morgan fingerprint density at radius 2 is 2.07 bits per heavy atom. The van der Waals surface area contributed by atoms with Gasteiger partial charge in [-0.2, -0.15) is 0 Å². The molecule has 1 aliphatic carbocycles. The summed E-state index contributed by atoms with van der Waals surface area (Å²) < 4.78 is 15.9. The quantitative estimate of drug-likeness (QED) is 0.320. The van der Waals surface area contributed by atoms with Gasteiger partial charge in [-0.05, 0) is 19.3 Å². The topological polar surface area (TPSA) is 96.0 Å². The van der Waals surface area contributed by atoms with Gasteiger partial charge in [0, 0.05) is 23.5 Å². The van der Waals surface area contributed by atoms with Gasteiger partial charge in [-0.15, -0.1) is 0 Å². The number of methoxy groups -OCH3 is 1. The summed E-state index contributed by atoms with van der Waals surface area (Å²) in [5.74, 6) is -2.88. The normalized spacial score (nSPS) is 30.6. The first-order chi connectivity index (χ1) is 12.8. The Labute approximate surface area is 158 Å². The van der Waals surface area contributed by atoms with E-state index in [0.717, 1.165) is 6.29 Å². The minimum atomic E-state index is -0.806. The number of aldehydes is 1. The van der Waals surface area contributed by atoms with E-state index in [4.69, 9.17) is 14.2 Å². The molecule has 7 heteroatoms. The van der Waals surface area contributed by atoms with Gasteiger partial charge in [0.2, 0.25) is 0 Å². The largest absolute Gasteiger partial charge is 0.466 e. The van der Waals surface area contributed by atoms with E-state index in [1.807, 2.05) is 0 Å². The zero-order valence-corrected chi connectivity index (χ0v) is 15.9. The molecule has 0 bridgehead atoms. The highest BCUT2D eigenvalue weighted by atomic mass is 16.6. The molecule has 7 nitrogen and oxygen atoms in total. The van der Waals surface area contributed by atoms with Crippen LogP contribution in [0.15, 0.2) is 23.8 Å². The first-order valence-corrected chi connectivity index (χ1v) is 9.11. The number of carbonyl (C=O) groups excluding carboxylic acids is 4. The molecule has 0 spiro atoms. The third kappa shape index (κ3) is 4.84. The average Bonchev–Trinajstić information content (AvgIpc) is 2.91. The van der Waals surface area contributed by atoms with Crippen LogP contribution in [0.5, 0.6) is 0 Å². The highest BCUT2D eigenvalue weighted by Gasteiger charge is 2.46. The fourth-order valence-electron chi connectivity index (χ4n) is 3.44. The number of hydrogen-bond donors (Lipinski definition) is 0. The predicted octanol–water partition coefficient (Wildman–Crippen LogP) is 2.14. The molecule has 0 unspecified atom stereocenters. The molecule has 0 aromatic heterocycles. The van der Waals surface area contributed by atoms with Crippen LogP contribution in [0.25, 0.3) is 0 Å². The minimum Gasteiger partial charge on any atom is -0.466 e. The molecule has 27 heavy (non-hydrogen) atoms. The number of ether oxygens (including phenoxy) is 3. The van der Waals surface area contributed by atoms with E-state index in [2.05, 4.69) is 6.58 Å². The molecule has 2 aliphatic rings. The van der Waals surface area contributed by atoms with Crippen molar-refractivity contribution in [3.63, 3.8) is 0 Å². The Kier molecular flexibility index (Phi) is 6.93.